The van der Waals surface area contributed by atoms with Crippen LogP contribution in [0.1, 0.15) is 74.1 Å². The van der Waals surface area contributed by atoms with Gasteiger partial charge < -0.3 is 14.6 Å². The number of ketones is 1. The number of aliphatic hydroxyl groups is 1. The molecule has 2 heterocycles. The maximum absolute atomic E-state index is 13.2. The van der Waals surface area contributed by atoms with Crippen molar-refractivity contribution in [2.75, 3.05) is 6.26 Å². The van der Waals surface area contributed by atoms with Crippen LogP contribution in [0.15, 0.2) is 39.9 Å². The first-order chi connectivity index (χ1) is 16.3. The summed E-state index contributed by atoms with van der Waals surface area (Å²) in [7, 11) is 0. The third kappa shape index (κ3) is 8.16. The third-order valence-electron chi connectivity index (χ3n) is 7.19. The number of epoxide rings is 1. The van der Waals surface area contributed by atoms with Gasteiger partial charge in [-0.1, -0.05) is 39.8 Å². The maximum Gasteiger partial charge on any atom is 0.306 e. The molecule has 1 fully saturated rings. The van der Waals surface area contributed by atoms with Crippen LogP contribution < -0.4 is 0 Å². The Morgan fingerprint density at radius 3 is 2.57 bits per heavy atom. The molecule has 0 unspecified atom stereocenters. The minimum absolute atomic E-state index is 0.0407. The molecule has 7 heteroatoms. The Labute approximate surface area is 215 Å². The van der Waals surface area contributed by atoms with Crippen molar-refractivity contribution in [3.8, 4) is 0 Å². The molecule has 6 nitrogen and oxygen atoms in total. The van der Waals surface area contributed by atoms with Crippen LogP contribution in [-0.2, 0) is 19.1 Å². The van der Waals surface area contributed by atoms with E-state index in [0.29, 0.717) is 19.3 Å². The summed E-state index contributed by atoms with van der Waals surface area (Å²) in [6.07, 6.45) is 10.1. The molecule has 2 aliphatic heterocycles. The third-order valence-corrected chi connectivity index (χ3v) is 7.66. The SMILES string of the molecule is CC=NC(=C\SC)/C=C(\C)[C@@H]1C[C@@H]2O[C@]2(C)C/C=C/[C@H](C)[C@H](O)[C@@H](C)C(=O)C(C)(C)CCC(=O)O1. The largest absolute Gasteiger partial charge is 0.458 e. The summed E-state index contributed by atoms with van der Waals surface area (Å²) < 4.78 is 12.0. The number of fused-ring (bicyclic) bond motifs is 1. The van der Waals surface area contributed by atoms with Gasteiger partial charge in [0.2, 0.25) is 0 Å². The van der Waals surface area contributed by atoms with Gasteiger partial charge in [-0.15, -0.1) is 11.8 Å². The van der Waals surface area contributed by atoms with Gasteiger partial charge in [0, 0.05) is 36.3 Å². The maximum atomic E-state index is 13.2. The minimum Gasteiger partial charge on any atom is -0.458 e. The van der Waals surface area contributed by atoms with Crippen molar-refractivity contribution >= 4 is 29.7 Å². The second kappa shape index (κ2) is 12.5. The van der Waals surface area contributed by atoms with Gasteiger partial charge in [0.1, 0.15) is 11.9 Å². The van der Waals surface area contributed by atoms with E-state index in [1.54, 1.807) is 24.9 Å². The standard InChI is InChI=1S/C28H43NO5S/c1-9-29-21(17-35-8)15-19(3)22-16-23-28(7,34-23)13-10-11-18(2)25(31)20(4)26(32)27(5,6)14-12-24(30)33-22/h9-11,15,17-18,20,22-23,25,31H,12-14,16H2,1-8H3/b11-10+,19-15+,21-17-,29-9?/t18-,20+,22-,23-,25-,28+/m0/s1. The first kappa shape index (κ1) is 29.5. The van der Waals surface area contributed by atoms with E-state index in [1.165, 1.54) is 0 Å². The average Bonchev–Trinajstić information content (AvgIpc) is 3.44. The zero-order valence-electron chi connectivity index (χ0n) is 22.5. The smallest absolute Gasteiger partial charge is 0.306 e. The summed E-state index contributed by atoms with van der Waals surface area (Å²) in [6.45, 7) is 13.2. The Balaban J connectivity index is 2.34. The first-order valence-electron chi connectivity index (χ1n) is 12.5. The number of rotatable bonds is 4. The monoisotopic (exact) mass is 505 g/mol. The van der Waals surface area contributed by atoms with E-state index in [4.69, 9.17) is 9.47 Å². The predicted molar refractivity (Wildman–Crippen MR) is 143 cm³/mol. The summed E-state index contributed by atoms with van der Waals surface area (Å²) in [4.78, 5) is 30.5. The second-order valence-electron chi connectivity index (χ2n) is 10.7. The summed E-state index contributed by atoms with van der Waals surface area (Å²) in [5, 5.41) is 12.7. The van der Waals surface area contributed by atoms with Gasteiger partial charge >= 0.3 is 5.97 Å². The molecule has 1 N–H and O–H groups in total. The number of Topliss-reactive ketones (excluding diaryl/α,β-unsaturated/α-hetero) is 1. The highest BCUT2D eigenvalue weighted by Gasteiger charge is 2.52. The number of thioether (sulfide) groups is 1. The lowest BCUT2D eigenvalue weighted by Crippen LogP contribution is -2.38. The molecule has 0 aromatic rings. The molecule has 0 aromatic heterocycles. The summed E-state index contributed by atoms with van der Waals surface area (Å²) in [5.41, 5.74) is 0.616. The predicted octanol–water partition coefficient (Wildman–Crippen LogP) is 5.66. The number of carbonyl (C=O) groups excluding carboxylic acids is 2. The van der Waals surface area contributed by atoms with Crippen molar-refractivity contribution in [3.63, 3.8) is 0 Å². The van der Waals surface area contributed by atoms with E-state index in [2.05, 4.69) is 11.9 Å². The van der Waals surface area contributed by atoms with Crippen molar-refractivity contribution in [1.29, 1.82) is 0 Å². The van der Waals surface area contributed by atoms with Crippen LogP contribution in [0.3, 0.4) is 0 Å². The number of aliphatic imine (C=N–C) groups is 1. The molecule has 2 aliphatic rings. The fourth-order valence-corrected chi connectivity index (χ4v) is 4.97. The molecule has 2 rings (SSSR count). The molecular formula is C28H43NO5S. The highest BCUT2D eigenvalue weighted by molar-refractivity contribution is 8.01. The molecule has 0 bridgehead atoms. The molecule has 35 heavy (non-hydrogen) atoms. The Hall–Kier alpha value is -1.70. The zero-order valence-corrected chi connectivity index (χ0v) is 23.4. The number of nitrogens with zero attached hydrogens (tertiary/aromatic N) is 1. The molecule has 0 spiro atoms. The van der Waals surface area contributed by atoms with Gasteiger partial charge in [0.25, 0.3) is 0 Å². The number of esters is 1. The first-order valence-corrected chi connectivity index (χ1v) is 13.8. The number of ether oxygens (including phenoxy) is 2. The van der Waals surface area contributed by atoms with Crippen molar-refractivity contribution in [3.05, 3.63) is 34.9 Å². The molecular weight excluding hydrogens is 462 g/mol. The minimum atomic E-state index is -0.784. The molecule has 0 amide bonds. The Bertz CT molecular complexity index is 890. The zero-order chi connectivity index (χ0) is 26.4. The normalized spacial score (nSPS) is 36.5. The molecule has 0 radical (unpaired) electrons. The Morgan fingerprint density at radius 2 is 1.94 bits per heavy atom. The van der Waals surface area contributed by atoms with Gasteiger partial charge in [0.05, 0.1) is 23.5 Å². The van der Waals surface area contributed by atoms with Crippen molar-refractivity contribution in [1.82, 2.24) is 0 Å². The van der Waals surface area contributed by atoms with Crippen LogP contribution in [0.5, 0.6) is 0 Å². The second-order valence-corrected chi connectivity index (χ2v) is 11.4. The number of cyclic esters (lactones) is 1. The van der Waals surface area contributed by atoms with E-state index in [1.807, 2.05) is 64.5 Å². The highest BCUT2D eigenvalue weighted by Crippen LogP contribution is 2.44. The molecule has 6 atom stereocenters. The van der Waals surface area contributed by atoms with Gasteiger partial charge in [-0.2, -0.15) is 0 Å². The molecule has 0 saturated carbocycles. The van der Waals surface area contributed by atoms with Crippen LogP contribution in [-0.4, -0.2) is 53.2 Å². The fourth-order valence-electron chi connectivity index (χ4n) is 4.60. The topological polar surface area (TPSA) is 88.5 Å². The van der Waals surface area contributed by atoms with Crippen LogP contribution >= 0.6 is 11.8 Å². The van der Waals surface area contributed by atoms with E-state index in [0.717, 1.165) is 11.3 Å². The van der Waals surface area contributed by atoms with E-state index >= 15 is 0 Å². The van der Waals surface area contributed by atoms with Gasteiger partial charge in [0.15, 0.2) is 0 Å². The van der Waals surface area contributed by atoms with Crippen LogP contribution in [0.25, 0.3) is 0 Å². The van der Waals surface area contributed by atoms with Crippen LogP contribution in [0.2, 0.25) is 0 Å². The molecule has 1 saturated heterocycles. The van der Waals surface area contributed by atoms with Crippen molar-refractivity contribution < 1.29 is 24.2 Å². The number of carbonyl (C=O) groups is 2. The summed E-state index contributed by atoms with van der Waals surface area (Å²) >= 11 is 1.56. The number of hydrogen-bond acceptors (Lipinski definition) is 7. The van der Waals surface area contributed by atoms with E-state index in [9.17, 15) is 14.7 Å². The van der Waals surface area contributed by atoms with Crippen molar-refractivity contribution in [2.24, 2.45) is 22.2 Å². The fraction of sp³-hybridized carbons (Fsp3) is 0.679. The molecule has 196 valence electrons. The lowest BCUT2D eigenvalue weighted by Gasteiger charge is -2.30. The molecule has 0 aromatic carbocycles. The Morgan fingerprint density at radius 1 is 1.26 bits per heavy atom. The van der Waals surface area contributed by atoms with E-state index < -0.39 is 23.5 Å². The average molecular weight is 506 g/mol. The summed E-state index contributed by atoms with van der Waals surface area (Å²) in [5.74, 6) is -1.08. The quantitative estimate of drug-likeness (QED) is 0.174. The van der Waals surface area contributed by atoms with Crippen LogP contribution in [0, 0.1) is 17.3 Å². The number of hydrogen-bond donors (Lipinski definition) is 1. The van der Waals surface area contributed by atoms with Gasteiger partial charge in [-0.25, -0.2) is 0 Å². The van der Waals surface area contributed by atoms with Crippen molar-refractivity contribution in [2.45, 2.75) is 98.1 Å². The molecule has 0 aliphatic carbocycles. The lowest BCUT2D eigenvalue weighted by molar-refractivity contribution is -0.149. The van der Waals surface area contributed by atoms with Gasteiger partial charge in [-0.3, -0.25) is 14.6 Å². The number of allylic oxidation sites excluding steroid dienone is 1. The summed E-state index contributed by atoms with van der Waals surface area (Å²) in [6, 6.07) is 0. The highest BCUT2D eigenvalue weighted by atomic mass is 32.2. The van der Waals surface area contributed by atoms with Crippen LogP contribution in [0.4, 0.5) is 0 Å². The Kier molecular flexibility index (Phi) is 10.6. The number of aliphatic hydroxyl groups excluding tert-OH is 1. The van der Waals surface area contributed by atoms with Gasteiger partial charge in [-0.05, 0) is 56.9 Å². The van der Waals surface area contributed by atoms with E-state index in [-0.39, 0.29) is 35.8 Å². The lowest BCUT2D eigenvalue weighted by atomic mass is 9.75.